The third-order valence-electron chi connectivity index (χ3n) is 2.90. The number of nitrogens with zero attached hydrogens (tertiary/aromatic N) is 1. The van der Waals surface area contributed by atoms with E-state index in [-0.39, 0.29) is 11.6 Å². The van der Waals surface area contributed by atoms with Crippen molar-refractivity contribution in [3.63, 3.8) is 0 Å². The molecule has 0 saturated heterocycles. The van der Waals surface area contributed by atoms with Gasteiger partial charge in [-0.3, -0.25) is 4.79 Å². The first-order valence-corrected chi connectivity index (χ1v) is 6.41. The minimum Gasteiger partial charge on any atom is -0.410 e. The van der Waals surface area contributed by atoms with Crippen molar-refractivity contribution in [3.8, 4) is 0 Å². The molecular formula is C16H16N2O2. The van der Waals surface area contributed by atoms with E-state index in [1.165, 1.54) is 0 Å². The summed E-state index contributed by atoms with van der Waals surface area (Å²) in [6.07, 6.45) is 0.736. The Morgan fingerprint density at radius 2 is 1.60 bits per heavy atom. The first-order valence-electron chi connectivity index (χ1n) is 6.41. The largest absolute Gasteiger partial charge is 0.410 e. The highest BCUT2D eigenvalue weighted by Gasteiger charge is 2.13. The quantitative estimate of drug-likeness (QED) is 0.496. The Morgan fingerprint density at radius 1 is 1.00 bits per heavy atom. The van der Waals surface area contributed by atoms with Crippen LogP contribution in [0.25, 0.3) is 0 Å². The molecule has 2 rings (SSSR count). The molecule has 4 heteroatoms. The van der Waals surface area contributed by atoms with Crippen molar-refractivity contribution < 1.29 is 10.0 Å². The van der Waals surface area contributed by atoms with Crippen molar-refractivity contribution in [3.05, 3.63) is 71.8 Å². The molecule has 0 aliphatic rings. The number of amides is 1. The van der Waals surface area contributed by atoms with Gasteiger partial charge in [0.15, 0.2) is 5.71 Å². The first-order chi connectivity index (χ1) is 9.81. The number of nitrogens with one attached hydrogen (secondary N) is 1. The third-order valence-corrected chi connectivity index (χ3v) is 2.90. The molecule has 0 saturated carbocycles. The number of carbonyl (C=O) groups is 1. The fourth-order valence-corrected chi connectivity index (χ4v) is 1.88. The SMILES string of the molecule is O=C(NCCc1ccccc1)C(=NO)c1ccccc1. The first kappa shape index (κ1) is 13.8. The maximum atomic E-state index is 12.0. The van der Waals surface area contributed by atoms with Crippen molar-refractivity contribution >= 4 is 11.6 Å². The van der Waals surface area contributed by atoms with E-state index in [4.69, 9.17) is 5.21 Å². The molecule has 0 aromatic heterocycles. The monoisotopic (exact) mass is 268 g/mol. The molecule has 0 bridgehead atoms. The van der Waals surface area contributed by atoms with E-state index in [0.717, 1.165) is 12.0 Å². The van der Waals surface area contributed by atoms with Gasteiger partial charge in [0, 0.05) is 12.1 Å². The van der Waals surface area contributed by atoms with Crippen LogP contribution in [-0.2, 0) is 11.2 Å². The second-order valence-electron chi connectivity index (χ2n) is 4.31. The lowest BCUT2D eigenvalue weighted by Gasteiger charge is -2.06. The van der Waals surface area contributed by atoms with Crippen LogP contribution in [0.1, 0.15) is 11.1 Å². The van der Waals surface area contributed by atoms with Crippen LogP contribution in [0.2, 0.25) is 0 Å². The van der Waals surface area contributed by atoms with E-state index in [9.17, 15) is 4.79 Å². The van der Waals surface area contributed by atoms with Crippen LogP contribution in [-0.4, -0.2) is 23.4 Å². The van der Waals surface area contributed by atoms with Crippen molar-refractivity contribution in [2.24, 2.45) is 5.16 Å². The number of hydrogen-bond donors (Lipinski definition) is 2. The van der Waals surface area contributed by atoms with Crippen LogP contribution >= 0.6 is 0 Å². The van der Waals surface area contributed by atoms with Crippen molar-refractivity contribution in [2.45, 2.75) is 6.42 Å². The topological polar surface area (TPSA) is 61.7 Å². The van der Waals surface area contributed by atoms with E-state index in [1.807, 2.05) is 36.4 Å². The summed E-state index contributed by atoms with van der Waals surface area (Å²) in [6, 6.07) is 18.8. The standard InChI is InChI=1S/C16H16N2O2/c19-16(15(18-20)14-9-5-2-6-10-14)17-12-11-13-7-3-1-4-8-13/h1-10,20H,11-12H2,(H,17,19). The van der Waals surface area contributed by atoms with Crippen LogP contribution in [0, 0.1) is 0 Å². The predicted molar refractivity (Wildman–Crippen MR) is 77.9 cm³/mol. The van der Waals surface area contributed by atoms with E-state index in [0.29, 0.717) is 12.1 Å². The Bertz CT molecular complexity index is 580. The molecule has 102 valence electrons. The van der Waals surface area contributed by atoms with Crippen molar-refractivity contribution in [1.29, 1.82) is 0 Å². The maximum absolute atomic E-state index is 12.0. The molecule has 2 N–H and O–H groups in total. The molecule has 0 spiro atoms. The predicted octanol–water partition coefficient (Wildman–Crippen LogP) is 2.22. The van der Waals surface area contributed by atoms with Crippen LogP contribution in [0.5, 0.6) is 0 Å². The second kappa shape index (κ2) is 7.09. The molecule has 0 atom stereocenters. The fourth-order valence-electron chi connectivity index (χ4n) is 1.88. The molecule has 20 heavy (non-hydrogen) atoms. The number of benzene rings is 2. The zero-order valence-corrected chi connectivity index (χ0v) is 11.0. The molecule has 2 aromatic rings. The third kappa shape index (κ3) is 3.68. The van der Waals surface area contributed by atoms with Gasteiger partial charge in [0.05, 0.1) is 0 Å². The smallest absolute Gasteiger partial charge is 0.273 e. The summed E-state index contributed by atoms with van der Waals surface area (Å²) in [5.41, 5.74) is 1.76. The molecule has 0 unspecified atom stereocenters. The summed E-state index contributed by atoms with van der Waals surface area (Å²) in [5, 5.41) is 14.8. The Balaban J connectivity index is 1.91. The fraction of sp³-hybridized carbons (Fsp3) is 0.125. The van der Waals surface area contributed by atoms with Crippen molar-refractivity contribution in [2.75, 3.05) is 6.54 Å². The van der Waals surface area contributed by atoms with Gasteiger partial charge in [0.1, 0.15) is 0 Å². The summed E-state index contributed by atoms with van der Waals surface area (Å²) >= 11 is 0. The van der Waals surface area contributed by atoms with Crippen LogP contribution in [0.3, 0.4) is 0 Å². The Kier molecular flexibility index (Phi) is 4.89. The Labute approximate surface area is 117 Å². The van der Waals surface area contributed by atoms with Gasteiger partial charge >= 0.3 is 0 Å². The molecule has 0 aliphatic heterocycles. The molecule has 2 aromatic carbocycles. The van der Waals surface area contributed by atoms with Crippen LogP contribution < -0.4 is 5.32 Å². The van der Waals surface area contributed by atoms with Crippen LogP contribution in [0.15, 0.2) is 65.8 Å². The van der Waals surface area contributed by atoms with Gasteiger partial charge in [-0.15, -0.1) is 0 Å². The van der Waals surface area contributed by atoms with E-state index < -0.39 is 0 Å². The molecule has 1 amide bonds. The minimum absolute atomic E-state index is 0.0265. The average molecular weight is 268 g/mol. The second-order valence-corrected chi connectivity index (χ2v) is 4.31. The molecular weight excluding hydrogens is 252 g/mol. The molecule has 0 heterocycles. The number of rotatable bonds is 5. The van der Waals surface area contributed by atoms with Gasteiger partial charge in [-0.25, -0.2) is 0 Å². The Hall–Kier alpha value is -2.62. The lowest BCUT2D eigenvalue weighted by molar-refractivity contribution is -0.114. The van der Waals surface area contributed by atoms with Crippen LogP contribution in [0.4, 0.5) is 0 Å². The molecule has 0 radical (unpaired) electrons. The van der Waals surface area contributed by atoms with E-state index in [2.05, 4.69) is 10.5 Å². The summed E-state index contributed by atoms with van der Waals surface area (Å²) < 4.78 is 0. The lowest BCUT2D eigenvalue weighted by Crippen LogP contribution is -2.33. The van der Waals surface area contributed by atoms with Gasteiger partial charge < -0.3 is 10.5 Å². The Morgan fingerprint density at radius 3 is 2.20 bits per heavy atom. The maximum Gasteiger partial charge on any atom is 0.273 e. The lowest BCUT2D eigenvalue weighted by atomic mass is 10.1. The molecule has 0 aliphatic carbocycles. The summed E-state index contributed by atoms with van der Waals surface area (Å²) in [4.78, 5) is 12.0. The van der Waals surface area contributed by atoms with Gasteiger partial charge in [0.25, 0.3) is 5.91 Å². The van der Waals surface area contributed by atoms with E-state index >= 15 is 0 Å². The number of carbonyl (C=O) groups excluding carboxylic acids is 1. The number of hydrogen-bond acceptors (Lipinski definition) is 3. The minimum atomic E-state index is -0.380. The van der Waals surface area contributed by atoms with Gasteiger partial charge in [-0.1, -0.05) is 65.8 Å². The highest BCUT2D eigenvalue weighted by Crippen LogP contribution is 2.02. The highest BCUT2D eigenvalue weighted by atomic mass is 16.4. The zero-order valence-electron chi connectivity index (χ0n) is 11.0. The van der Waals surface area contributed by atoms with Crippen molar-refractivity contribution in [1.82, 2.24) is 5.32 Å². The highest BCUT2D eigenvalue weighted by molar-refractivity contribution is 6.45. The van der Waals surface area contributed by atoms with Gasteiger partial charge in [-0.2, -0.15) is 0 Å². The van der Waals surface area contributed by atoms with Gasteiger partial charge in [-0.05, 0) is 12.0 Å². The number of oxime groups is 1. The summed E-state index contributed by atoms with van der Waals surface area (Å²) in [6.45, 7) is 0.495. The van der Waals surface area contributed by atoms with E-state index in [1.54, 1.807) is 24.3 Å². The normalized spacial score (nSPS) is 11.1. The summed E-state index contributed by atoms with van der Waals surface area (Å²) in [5.74, 6) is -0.380. The zero-order chi connectivity index (χ0) is 14.2. The van der Waals surface area contributed by atoms with Gasteiger partial charge in [0.2, 0.25) is 0 Å². The molecule has 4 nitrogen and oxygen atoms in total. The molecule has 0 fully saturated rings. The average Bonchev–Trinajstić information content (AvgIpc) is 2.50. The summed E-state index contributed by atoms with van der Waals surface area (Å²) in [7, 11) is 0.